The van der Waals surface area contributed by atoms with E-state index in [9.17, 15) is 9.90 Å². The van der Waals surface area contributed by atoms with Crippen LogP contribution in [-0.4, -0.2) is 40.1 Å². The Balaban J connectivity index is 1.80. The molecule has 0 bridgehead atoms. The highest BCUT2D eigenvalue weighted by atomic mass is 32.1. The molecule has 3 heterocycles. The third-order valence-electron chi connectivity index (χ3n) is 4.16. The quantitative estimate of drug-likeness (QED) is 0.944. The number of piperidine rings is 1. The lowest BCUT2D eigenvalue weighted by atomic mass is 9.93. The highest BCUT2D eigenvalue weighted by molar-refractivity contribution is 7.15. The number of likely N-dealkylation sites (tertiary alicyclic amines) is 1. The Morgan fingerprint density at radius 3 is 3.09 bits per heavy atom. The van der Waals surface area contributed by atoms with Crippen molar-refractivity contribution in [1.82, 2.24) is 9.88 Å². The smallest absolute Gasteiger partial charge is 0.273 e. The molecule has 3 rings (SSSR count). The fraction of sp³-hybridized carbons (Fsp3) is 0.500. The summed E-state index contributed by atoms with van der Waals surface area (Å²) < 4.78 is 5.35. The van der Waals surface area contributed by atoms with Crippen molar-refractivity contribution in [1.29, 1.82) is 0 Å². The number of amides is 1. The number of carbonyl (C=O) groups excluding carboxylic acids is 1. The molecular weight excluding hydrogens is 300 g/mol. The summed E-state index contributed by atoms with van der Waals surface area (Å²) in [5.74, 6) is 0.797. The fourth-order valence-corrected chi connectivity index (χ4v) is 3.71. The Morgan fingerprint density at radius 2 is 2.41 bits per heavy atom. The van der Waals surface area contributed by atoms with Crippen LogP contribution >= 0.6 is 11.3 Å². The second kappa shape index (κ2) is 6.22. The van der Waals surface area contributed by atoms with E-state index >= 15 is 0 Å². The van der Waals surface area contributed by atoms with Gasteiger partial charge in [0.2, 0.25) is 0 Å². The van der Waals surface area contributed by atoms with Crippen LogP contribution in [0.4, 0.5) is 0 Å². The van der Waals surface area contributed by atoms with Gasteiger partial charge in [0, 0.05) is 23.9 Å². The van der Waals surface area contributed by atoms with Gasteiger partial charge in [0.15, 0.2) is 10.8 Å². The van der Waals surface area contributed by atoms with Crippen LogP contribution in [0.1, 0.15) is 35.1 Å². The van der Waals surface area contributed by atoms with Crippen LogP contribution in [0.3, 0.4) is 0 Å². The monoisotopic (exact) mass is 320 g/mol. The predicted octanol–water partition coefficient (Wildman–Crippen LogP) is 2.94. The van der Waals surface area contributed by atoms with E-state index in [2.05, 4.69) is 4.98 Å². The zero-order valence-electron chi connectivity index (χ0n) is 12.8. The van der Waals surface area contributed by atoms with E-state index in [1.807, 2.05) is 24.0 Å². The number of aliphatic hydroxyl groups is 1. The van der Waals surface area contributed by atoms with Crippen molar-refractivity contribution in [2.24, 2.45) is 5.92 Å². The molecule has 0 aliphatic carbocycles. The molecule has 1 aliphatic rings. The number of hydrogen-bond donors (Lipinski definition) is 1. The average Bonchev–Trinajstić information content (AvgIpc) is 3.16. The topological polar surface area (TPSA) is 66.6 Å². The third-order valence-corrected chi connectivity index (χ3v) is 5.14. The number of nitrogens with zero attached hydrogens (tertiary/aromatic N) is 2. The van der Waals surface area contributed by atoms with Crippen molar-refractivity contribution in [3.05, 3.63) is 29.0 Å². The zero-order valence-corrected chi connectivity index (χ0v) is 13.6. The van der Waals surface area contributed by atoms with E-state index in [1.54, 1.807) is 13.2 Å². The van der Waals surface area contributed by atoms with E-state index in [4.69, 9.17) is 4.42 Å². The predicted molar refractivity (Wildman–Crippen MR) is 84.9 cm³/mol. The summed E-state index contributed by atoms with van der Waals surface area (Å²) in [6.07, 6.45) is 3.11. The first kappa shape index (κ1) is 15.2. The van der Waals surface area contributed by atoms with Gasteiger partial charge < -0.3 is 14.4 Å². The van der Waals surface area contributed by atoms with Crippen LogP contribution in [-0.2, 0) is 0 Å². The van der Waals surface area contributed by atoms with Gasteiger partial charge in [-0.25, -0.2) is 4.98 Å². The standard InChI is InChI=1S/C16H20N2O3S/c1-10(19)12-5-3-7-18(9-12)16(20)14-11(2)22-15(17-14)13-6-4-8-21-13/h4,6,8,10,12,19H,3,5,7,9H2,1-2H3. The van der Waals surface area contributed by atoms with Gasteiger partial charge in [-0.3, -0.25) is 4.79 Å². The number of rotatable bonds is 3. The van der Waals surface area contributed by atoms with Gasteiger partial charge in [0.25, 0.3) is 5.91 Å². The van der Waals surface area contributed by atoms with E-state index in [1.165, 1.54) is 11.3 Å². The first-order valence-electron chi connectivity index (χ1n) is 7.55. The Labute approximate surface area is 133 Å². The van der Waals surface area contributed by atoms with Crippen LogP contribution in [0.15, 0.2) is 22.8 Å². The molecule has 118 valence electrons. The van der Waals surface area contributed by atoms with Gasteiger partial charge in [-0.2, -0.15) is 0 Å². The lowest BCUT2D eigenvalue weighted by molar-refractivity contribution is 0.0462. The fourth-order valence-electron chi connectivity index (χ4n) is 2.84. The van der Waals surface area contributed by atoms with Crippen LogP contribution in [0.25, 0.3) is 10.8 Å². The second-order valence-corrected chi connectivity index (χ2v) is 7.00. The van der Waals surface area contributed by atoms with Gasteiger partial charge >= 0.3 is 0 Å². The van der Waals surface area contributed by atoms with Crippen LogP contribution < -0.4 is 0 Å². The number of aromatic nitrogens is 1. The van der Waals surface area contributed by atoms with Gasteiger partial charge in [-0.15, -0.1) is 11.3 Å². The minimum Gasteiger partial charge on any atom is -0.462 e. The van der Waals surface area contributed by atoms with Gasteiger partial charge in [-0.1, -0.05) is 0 Å². The number of hydrogen-bond acceptors (Lipinski definition) is 5. The van der Waals surface area contributed by atoms with E-state index in [-0.39, 0.29) is 17.9 Å². The number of furan rings is 1. The molecule has 1 saturated heterocycles. The molecule has 2 aromatic heterocycles. The van der Waals surface area contributed by atoms with Crippen molar-refractivity contribution >= 4 is 17.2 Å². The molecule has 2 unspecified atom stereocenters. The number of aliphatic hydroxyl groups excluding tert-OH is 1. The second-order valence-electron chi connectivity index (χ2n) is 5.80. The minimum atomic E-state index is -0.384. The van der Waals surface area contributed by atoms with Crippen molar-refractivity contribution < 1.29 is 14.3 Å². The van der Waals surface area contributed by atoms with E-state index < -0.39 is 0 Å². The molecule has 0 saturated carbocycles. The summed E-state index contributed by atoms with van der Waals surface area (Å²) in [5.41, 5.74) is 0.502. The normalized spacial score (nSPS) is 20.1. The first-order chi connectivity index (χ1) is 10.6. The third kappa shape index (κ3) is 2.94. The number of aryl methyl sites for hydroxylation is 1. The maximum atomic E-state index is 12.7. The molecule has 22 heavy (non-hydrogen) atoms. The first-order valence-corrected chi connectivity index (χ1v) is 8.36. The molecule has 0 radical (unpaired) electrons. The molecule has 1 aliphatic heterocycles. The largest absolute Gasteiger partial charge is 0.462 e. The summed E-state index contributed by atoms with van der Waals surface area (Å²) in [7, 11) is 0. The van der Waals surface area contributed by atoms with Crippen molar-refractivity contribution in [3.63, 3.8) is 0 Å². The van der Waals surface area contributed by atoms with Gasteiger partial charge in [-0.05, 0) is 38.8 Å². The van der Waals surface area contributed by atoms with Crippen molar-refractivity contribution in [3.8, 4) is 10.8 Å². The highest BCUT2D eigenvalue weighted by Gasteiger charge is 2.29. The molecule has 0 spiro atoms. The maximum absolute atomic E-state index is 12.7. The lowest BCUT2D eigenvalue weighted by Crippen LogP contribution is -2.43. The summed E-state index contributed by atoms with van der Waals surface area (Å²) in [6.45, 7) is 5.04. The maximum Gasteiger partial charge on any atom is 0.273 e. The lowest BCUT2D eigenvalue weighted by Gasteiger charge is -2.33. The Morgan fingerprint density at radius 1 is 1.59 bits per heavy atom. The molecule has 2 atom stereocenters. The molecule has 2 aromatic rings. The Kier molecular flexibility index (Phi) is 4.31. The van der Waals surface area contributed by atoms with Crippen LogP contribution in [0.5, 0.6) is 0 Å². The molecule has 1 N–H and O–H groups in total. The van der Waals surface area contributed by atoms with Crippen molar-refractivity contribution in [2.75, 3.05) is 13.1 Å². The number of carbonyl (C=O) groups is 1. The summed E-state index contributed by atoms with van der Waals surface area (Å²) in [4.78, 5) is 19.9. The van der Waals surface area contributed by atoms with Crippen LogP contribution in [0.2, 0.25) is 0 Å². The number of thiazole rings is 1. The van der Waals surface area contributed by atoms with E-state index in [0.717, 1.165) is 29.3 Å². The van der Waals surface area contributed by atoms with E-state index in [0.29, 0.717) is 18.0 Å². The molecular formula is C16H20N2O3S. The summed E-state index contributed by atoms with van der Waals surface area (Å²) in [5, 5.41) is 10.5. The Hall–Kier alpha value is -1.66. The van der Waals surface area contributed by atoms with Gasteiger partial charge in [0.1, 0.15) is 5.69 Å². The van der Waals surface area contributed by atoms with Gasteiger partial charge in [0.05, 0.1) is 12.4 Å². The highest BCUT2D eigenvalue weighted by Crippen LogP contribution is 2.29. The SMILES string of the molecule is Cc1sc(-c2ccco2)nc1C(=O)N1CCCC(C(C)O)C1. The van der Waals surface area contributed by atoms with Crippen molar-refractivity contribution in [2.45, 2.75) is 32.8 Å². The molecule has 1 fully saturated rings. The molecule has 5 nitrogen and oxygen atoms in total. The zero-order chi connectivity index (χ0) is 15.7. The summed E-state index contributed by atoms with van der Waals surface area (Å²) in [6, 6.07) is 3.66. The average molecular weight is 320 g/mol. The van der Waals surface area contributed by atoms with Crippen LogP contribution in [0, 0.1) is 12.8 Å². The molecule has 0 aromatic carbocycles. The molecule has 6 heteroatoms. The summed E-state index contributed by atoms with van der Waals surface area (Å²) >= 11 is 1.47. The molecule has 1 amide bonds. The Bertz CT molecular complexity index is 648. The minimum absolute atomic E-state index is 0.0445.